The van der Waals surface area contributed by atoms with Crippen LogP contribution in [0.25, 0.3) is 0 Å². The Kier molecular flexibility index (Phi) is 7.70. The fraction of sp³-hybridized carbons (Fsp3) is 0.462. The van der Waals surface area contributed by atoms with Crippen molar-refractivity contribution in [3.05, 3.63) is 59.7 Å². The van der Waals surface area contributed by atoms with Crippen molar-refractivity contribution in [3.8, 4) is 5.75 Å². The number of methoxy groups -OCH3 is 1. The van der Waals surface area contributed by atoms with E-state index in [0.717, 1.165) is 76.1 Å². The Morgan fingerprint density at radius 2 is 1.70 bits per heavy atom. The normalized spacial score (nSPS) is 16.4. The number of aliphatic imine (C=N–C) groups is 1. The number of nitrogens with zero attached hydrogens (tertiary/aromatic N) is 4. The molecule has 0 saturated carbocycles. The van der Waals surface area contributed by atoms with Crippen LogP contribution in [0.5, 0.6) is 5.75 Å². The molecular formula is C26H35N5O2. The first-order chi connectivity index (χ1) is 16.2. The number of piperazine rings is 1. The lowest BCUT2D eigenvalue weighted by molar-refractivity contribution is -0.132. The summed E-state index contributed by atoms with van der Waals surface area (Å²) < 4.78 is 5.52. The summed E-state index contributed by atoms with van der Waals surface area (Å²) in [5.74, 6) is 2.07. The van der Waals surface area contributed by atoms with Crippen LogP contribution in [-0.4, -0.2) is 75.1 Å². The zero-order chi connectivity index (χ0) is 23.0. The molecule has 1 saturated heterocycles. The van der Waals surface area contributed by atoms with E-state index < -0.39 is 0 Å². The molecule has 7 nitrogen and oxygen atoms in total. The molecule has 0 spiro atoms. The molecule has 0 aliphatic carbocycles. The number of para-hydroxylation sites is 2. The van der Waals surface area contributed by atoms with Gasteiger partial charge in [-0.05, 0) is 36.1 Å². The van der Waals surface area contributed by atoms with Gasteiger partial charge in [-0.25, -0.2) is 0 Å². The van der Waals surface area contributed by atoms with Crippen LogP contribution in [0.15, 0.2) is 53.5 Å². The topological polar surface area (TPSA) is 60.4 Å². The first kappa shape index (κ1) is 23.0. The SMILES string of the molecule is CN=C(NCCCC(=O)N1CCc2ccccc2C1)N1CCN(c2ccccc2OC)CC1. The van der Waals surface area contributed by atoms with Crippen LogP contribution in [0.1, 0.15) is 24.0 Å². The van der Waals surface area contributed by atoms with Gasteiger partial charge in [0.1, 0.15) is 5.75 Å². The minimum Gasteiger partial charge on any atom is -0.495 e. The third-order valence-electron chi connectivity index (χ3n) is 6.55. The highest BCUT2D eigenvalue weighted by Gasteiger charge is 2.22. The minimum absolute atomic E-state index is 0.242. The molecule has 2 aliphatic rings. The quantitative estimate of drug-likeness (QED) is 0.418. The third kappa shape index (κ3) is 5.59. The summed E-state index contributed by atoms with van der Waals surface area (Å²) >= 11 is 0. The van der Waals surface area contributed by atoms with Crippen LogP contribution in [0.3, 0.4) is 0 Å². The molecule has 1 fully saturated rings. The van der Waals surface area contributed by atoms with Gasteiger partial charge in [0.25, 0.3) is 0 Å². The number of benzene rings is 2. The van der Waals surface area contributed by atoms with E-state index in [1.807, 2.05) is 24.1 Å². The molecule has 4 rings (SSSR count). The summed E-state index contributed by atoms with van der Waals surface area (Å²) in [5, 5.41) is 3.45. The number of nitrogens with one attached hydrogen (secondary N) is 1. The summed E-state index contributed by atoms with van der Waals surface area (Å²) in [6.07, 6.45) is 2.32. The summed E-state index contributed by atoms with van der Waals surface area (Å²) in [6, 6.07) is 16.6. The number of carbonyl (C=O) groups is 1. The van der Waals surface area contributed by atoms with Gasteiger partial charge in [0.2, 0.25) is 5.91 Å². The molecule has 0 unspecified atom stereocenters. The summed E-state index contributed by atoms with van der Waals surface area (Å²) in [4.78, 5) is 23.8. The molecule has 7 heteroatoms. The number of rotatable bonds is 6. The Hall–Kier alpha value is -3.22. The molecule has 0 bridgehead atoms. The lowest BCUT2D eigenvalue weighted by atomic mass is 9.99. The van der Waals surface area contributed by atoms with E-state index in [1.165, 1.54) is 11.1 Å². The maximum atomic E-state index is 12.7. The number of fused-ring (bicyclic) bond motifs is 1. The molecule has 0 aromatic heterocycles. The Balaban J connectivity index is 1.19. The molecule has 2 aromatic rings. The van der Waals surface area contributed by atoms with E-state index in [1.54, 1.807) is 7.11 Å². The smallest absolute Gasteiger partial charge is 0.222 e. The van der Waals surface area contributed by atoms with Crippen LogP contribution < -0.4 is 15.0 Å². The van der Waals surface area contributed by atoms with Gasteiger partial charge in [0.05, 0.1) is 12.8 Å². The number of carbonyl (C=O) groups excluding carboxylic acids is 1. The largest absolute Gasteiger partial charge is 0.495 e. The minimum atomic E-state index is 0.242. The first-order valence-corrected chi connectivity index (χ1v) is 11.9. The lowest BCUT2D eigenvalue weighted by Gasteiger charge is -2.38. The van der Waals surface area contributed by atoms with E-state index in [2.05, 4.69) is 56.5 Å². The highest BCUT2D eigenvalue weighted by atomic mass is 16.5. The second-order valence-corrected chi connectivity index (χ2v) is 8.56. The van der Waals surface area contributed by atoms with Crippen LogP contribution in [0, 0.1) is 0 Å². The van der Waals surface area contributed by atoms with Crippen molar-refractivity contribution in [2.45, 2.75) is 25.8 Å². The molecular weight excluding hydrogens is 414 g/mol. The van der Waals surface area contributed by atoms with Gasteiger partial charge < -0.3 is 24.8 Å². The predicted octanol–water partition coefficient (Wildman–Crippen LogP) is 2.76. The van der Waals surface area contributed by atoms with Crippen LogP contribution in [-0.2, 0) is 17.8 Å². The van der Waals surface area contributed by atoms with Crippen molar-refractivity contribution < 1.29 is 9.53 Å². The van der Waals surface area contributed by atoms with Crippen molar-refractivity contribution >= 4 is 17.6 Å². The van der Waals surface area contributed by atoms with E-state index in [0.29, 0.717) is 6.42 Å². The number of ether oxygens (including phenoxy) is 1. The fourth-order valence-electron chi connectivity index (χ4n) is 4.69. The number of hydrogen-bond acceptors (Lipinski definition) is 4. The molecule has 0 atom stereocenters. The van der Waals surface area contributed by atoms with Gasteiger partial charge in [0, 0.05) is 59.3 Å². The Bertz CT molecular complexity index is 969. The highest BCUT2D eigenvalue weighted by molar-refractivity contribution is 5.80. The molecule has 176 valence electrons. The first-order valence-electron chi connectivity index (χ1n) is 11.9. The number of amides is 1. The fourth-order valence-corrected chi connectivity index (χ4v) is 4.69. The van der Waals surface area contributed by atoms with Crippen LogP contribution >= 0.6 is 0 Å². The van der Waals surface area contributed by atoms with Crippen LogP contribution in [0.2, 0.25) is 0 Å². The summed E-state index contributed by atoms with van der Waals surface area (Å²) in [6.45, 7) is 5.91. The van der Waals surface area contributed by atoms with Gasteiger partial charge >= 0.3 is 0 Å². The number of hydrogen-bond donors (Lipinski definition) is 1. The molecule has 1 N–H and O–H groups in total. The third-order valence-corrected chi connectivity index (χ3v) is 6.55. The van der Waals surface area contributed by atoms with Gasteiger partial charge in [-0.1, -0.05) is 36.4 Å². The van der Waals surface area contributed by atoms with Crippen molar-refractivity contribution in [1.82, 2.24) is 15.1 Å². The van der Waals surface area contributed by atoms with Crippen molar-refractivity contribution in [2.75, 3.05) is 58.3 Å². The Morgan fingerprint density at radius 1 is 0.970 bits per heavy atom. The number of anilines is 1. The second kappa shape index (κ2) is 11.1. The molecule has 1 amide bonds. The zero-order valence-electron chi connectivity index (χ0n) is 19.8. The van der Waals surface area contributed by atoms with Crippen molar-refractivity contribution in [3.63, 3.8) is 0 Å². The standard InChI is InChI=1S/C26H35N5O2/c1-27-26(30-18-16-29(17-19-30)23-10-5-6-11-24(23)33-2)28-14-7-12-25(32)31-15-13-21-8-3-4-9-22(21)20-31/h3-6,8-11H,7,12-20H2,1-2H3,(H,27,28). The highest BCUT2D eigenvalue weighted by Crippen LogP contribution is 2.28. The van der Waals surface area contributed by atoms with Gasteiger partial charge in [-0.2, -0.15) is 0 Å². The monoisotopic (exact) mass is 449 g/mol. The maximum Gasteiger partial charge on any atom is 0.222 e. The van der Waals surface area contributed by atoms with Crippen molar-refractivity contribution in [2.24, 2.45) is 4.99 Å². The summed E-state index contributed by atoms with van der Waals surface area (Å²) in [7, 11) is 3.54. The van der Waals surface area contributed by atoms with E-state index in [-0.39, 0.29) is 5.91 Å². The van der Waals surface area contributed by atoms with Gasteiger partial charge in [-0.3, -0.25) is 9.79 Å². The molecule has 0 radical (unpaired) electrons. The number of guanidine groups is 1. The molecule has 33 heavy (non-hydrogen) atoms. The van der Waals surface area contributed by atoms with E-state index >= 15 is 0 Å². The lowest BCUT2D eigenvalue weighted by Crippen LogP contribution is -2.52. The van der Waals surface area contributed by atoms with Crippen molar-refractivity contribution in [1.29, 1.82) is 0 Å². The van der Waals surface area contributed by atoms with E-state index in [9.17, 15) is 4.79 Å². The Morgan fingerprint density at radius 3 is 2.45 bits per heavy atom. The Labute approximate surface area is 197 Å². The van der Waals surface area contributed by atoms with E-state index in [4.69, 9.17) is 4.74 Å². The average molecular weight is 450 g/mol. The second-order valence-electron chi connectivity index (χ2n) is 8.56. The maximum absolute atomic E-state index is 12.7. The van der Waals surface area contributed by atoms with Crippen LogP contribution in [0.4, 0.5) is 5.69 Å². The average Bonchev–Trinajstić information content (AvgIpc) is 2.88. The zero-order valence-corrected chi connectivity index (χ0v) is 19.8. The van der Waals surface area contributed by atoms with Gasteiger partial charge in [0.15, 0.2) is 5.96 Å². The molecule has 2 heterocycles. The molecule has 2 aromatic carbocycles. The molecule has 2 aliphatic heterocycles. The summed E-state index contributed by atoms with van der Waals surface area (Å²) in [5.41, 5.74) is 3.79. The predicted molar refractivity (Wildman–Crippen MR) is 133 cm³/mol. The van der Waals surface area contributed by atoms with Gasteiger partial charge in [-0.15, -0.1) is 0 Å².